The molecule has 0 bridgehead atoms. The number of aliphatic hydroxyl groups is 1. The zero-order valence-electron chi connectivity index (χ0n) is 10.8. The first-order valence-corrected chi connectivity index (χ1v) is 7.00. The minimum absolute atomic E-state index is 0.109. The summed E-state index contributed by atoms with van der Waals surface area (Å²) in [7, 11) is 0. The van der Waals surface area contributed by atoms with Crippen molar-refractivity contribution in [3.63, 3.8) is 0 Å². The molecule has 0 spiro atoms. The Morgan fingerprint density at radius 3 is 2.20 bits per heavy atom. The highest BCUT2D eigenvalue weighted by atomic mass is 35.5. The molecule has 0 amide bonds. The van der Waals surface area contributed by atoms with Crippen molar-refractivity contribution < 1.29 is 10.0 Å². The quantitative estimate of drug-likeness (QED) is 0.679. The van der Waals surface area contributed by atoms with Crippen LogP contribution in [-0.2, 0) is 0 Å². The highest BCUT2D eigenvalue weighted by Crippen LogP contribution is 2.37. The van der Waals surface area contributed by atoms with Crippen LogP contribution < -0.4 is 4.90 Å². The van der Waals surface area contributed by atoms with Gasteiger partial charge in [-0.05, 0) is 0 Å². The van der Waals surface area contributed by atoms with Gasteiger partial charge >= 0.3 is 0 Å². The number of halogens is 2. The normalized spacial score (nSPS) is 16.4. The number of benzene rings is 1. The molecule has 8 heteroatoms. The first-order valence-electron chi connectivity index (χ1n) is 6.24. The highest BCUT2D eigenvalue weighted by molar-refractivity contribution is 6.39. The summed E-state index contributed by atoms with van der Waals surface area (Å²) in [4.78, 5) is 14.4. The molecule has 0 aliphatic carbocycles. The SMILES string of the molecule is O=[N+]([O-])c1cc(Cl)c(N2CCN(CCO)CC2)c(Cl)c1. The number of nitro groups is 1. The van der Waals surface area contributed by atoms with Gasteiger partial charge in [0.25, 0.3) is 5.69 Å². The van der Waals surface area contributed by atoms with Crippen LogP contribution in [0.1, 0.15) is 0 Å². The largest absolute Gasteiger partial charge is 0.395 e. The van der Waals surface area contributed by atoms with E-state index in [4.69, 9.17) is 28.3 Å². The van der Waals surface area contributed by atoms with Gasteiger partial charge in [-0.15, -0.1) is 0 Å². The summed E-state index contributed by atoms with van der Waals surface area (Å²) in [6.07, 6.45) is 0. The van der Waals surface area contributed by atoms with E-state index in [2.05, 4.69) is 4.90 Å². The third kappa shape index (κ3) is 3.32. The van der Waals surface area contributed by atoms with E-state index in [0.29, 0.717) is 22.3 Å². The van der Waals surface area contributed by atoms with Gasteiger partial charge in [0.05, 0.1) is 27.3 Å². The van der Waals surface area contributed by atoms with E-state index in [1.807, 2.05) is 4.90 Å². The number of rotatable bonds is 4. The fourth-order valence-corrected chi connectivity index (χ4v) is 3.01. The second-order valence-corrected chi connectivity index (χ2v) is 5.38. The van der Waals surface area contributed by atoms with Crippen LogP contribution in [0.15, 0.2) is 12.1 Å². The van der Waals surface area contributed by atoms with Crippen molar-refractivity contribution in [2.24, 2.45) is 0 Å². The molecule has 0 unspecified atom stereocenters. The Bertz CT molecular complexity index is 482. The lowest BCUT2D eigenvalue weighted by molar-refractivity contribution is -0.384. The molecule has 1 N–H and O–H groups in total. The van der Waals surface area contributed by atoms with Gasteiger partial charge in [0.15, 0.2) is 0 Å². The summed E-state index contributed by atoms with van der Waals surface area (Å²) in [6, 6.07) is 2.64. The van der Waals surface area contributed by atoms with Crippen molar-refractivity contribution in [1.29, 1.82) is 0 Å². The maximum atomic E-state index is 10.8. The molecular formula is C12H15Cl2N3O3. The van der Waals surface area contributed by atoms with Crippen molar-refractivity contribution in [1.82, 2.24) is 4.90 Å². The molecule has 1 aliphatic rings. The first kappa shape index (κ1) is 15.3. The number of nitrogens with zero attached hydrogens (tertiary/aromatic N) is 3. The fraction of sp³-hybridized carbons (Fsp3) is 0.500. The summed E-state index contributed by atoms with van der Waals surface area (Å²) in [5.74, 6) is 0. The van der Waals surface area contributed by atoms with Crippen molar-refractivity contribution in [3.05, 3.63) is 32.3 Å². The Kier molecular flexibility index (Phi) is 5.04. The number of nitro benzene ring substituents is 1. The number of piperazine rings is 1. The van der Waals surface area contributed by atoms with E-state index in [0.717, 1.165) is 26.2 Å². The summed E-state index contributed by atoms with van der Waals surface area (Å²) < 4.78 is 0. The lowest BCUT2D eigenvalue weighted by atomic mass is 10.2. The monoisotopic (exact) mass is 319 g/mol. The number of non-ortho nitro benzene ring substituents is 1. The van der Waals surface area contributed by atoms with Gasteiger partial charge in [-0.25, -0.2) is 0 Å². The van der Waals surface area contributed by atoms with E-state index < -0.39 is 4.92 Å². The summed E-state index contributed by atoms with van der Waals surface area (Å²) in [5, 5.41) is 20.2. The molecule has 110 valence electrons. The average Bonchev–Trinajstić information content (AvgIpc) is 2.40. The van der Waals surface area contributed by atoms with Crippen LogP contribution in [0.5, 0.6) is 0 Å². The minimum atomic E-state index is -0.513. The van der Waals surface area contributed by atoms with Crippen molar-refractivity contribution in [3.8, 4) is 0 Å². The van der Waals surface area contributed by atoms with E-state index in [1.165, 1.54) is 12.1 Å². The molecule has 1 aromatic carbocycles. The molecule has 1 saturated heterocycles. The molecule has 0 aromatic heterocycles. The van der Waals surface area contributed by atoms with Crippen LogP contribution in [0.4, 0.5) is 11.4 Å². The molecule has 1 heterocycles. The van der Waals surface area contributed by atoms with Gasteiger partial charge in [-0.2, -0.15) is 0 Å². The van der Waals surface area contributed by atoms with Gasteiger partial charge < -0.3 is 10.0 Å². The molecule has 0 saturated carbocycles. The Hall–Kier alpha value is -1.08. The van der Waals surface area contributed by atoms with Crippen LogP contribution in [0, 0.1) is 10.1 Å². The van der Waals surface area contributed by atoms with Crippen LogP contribution in [0.2, 0.25) is 10.0 Å². The molecule has 1 aromatic rings. The third-order valence-electron chi connectivity index (χ3n) is 3.32. The molecular weight excluding hydrogens is 305 g/mol. The molecule has 6 nitrogen and oxygen atoms in total. The second kappa shape index (κ2) is 6.58. The van der Waals surface area contributed by atoms with Crippen molar-refractivity contribution in [2.75, 3.05) is 44.2 Å². The van der Waals surface area contributed by atoms with Crippen LogP contribution in [0.25, 0.3) is 0 Å². The van der Waals surface area contributed by atoms with Crippen LogP contribution >= 0.6 is 23.2 Å². The second-order valence-electron chi connectivity index (χ2n) is 4.57. The fourth-order valence-electron chi connectivity index (χ4n) is 2.30. The van der Waals surface area contributed by atoms with Gasteiger partial charge in [0, 0.05) is 44.9 Å². The minimum Gasteiger partial charge on any atom is -0.395 e. The van der Waals surface area contributed by atoms with E-state index in [-0.39, 0.29) is 12.3 Å². The van der Waals surface area contributed by atoms with E-state index in [1.54, 1.807) is 0 Å². The molecule has 1 aliphatic heterocycles. The number of β-amino-alcohol motifs (C(OH)–C–C–N with tert-alkyl or cyclic N) is 1. The molecule has 2 rings (SSSR count). The first-order chi connectivity index (χ1) is 9.52. The smallest absolute Gasteiger partial charge is 0.272 e. The lowest BCUT2D eigenvalue weighted by Crippen LogP contribution is -2.47. The maximum absolute atomic E-state index is 10.8. The number of hydrogen-bond acceptors (Lipinski definition) is 5. The Labute approximate surface area is 126 Å². The summed E-state index contributed by atoms with van der Waals surface area (Å²) in [5.41, 5.74) is 0.533. The molecule has 0 radical (unpaired) electrons. The Balaban J connectivity index is 2.16. The third-order valence-corrected chi connectivity index (χ3v) is 3.89. The van der Waals surface area contributed by atoms with E-state index >= 15 is 0 Å². The predicted molar refractivity (Wildman–Crippen MR) is 78.9 cm³/mol. The van der Waals surface area contributed by atoms with Gasteiger partial charge in [0.1, 0.15) is 0 Å². The van der Waals surface area contributed by atoms with Gasteiger partial charge in [0.2, 0.25) is 0 Å². The maximum Gasteiger partial charge on any atom is 0.272 e. The molecule has 1 fully saturated rings. The summed E-state index contributed by atoms with van der Waals surface area (Å²) >= 11 is 12.3. The zero-order valence-corrected chi connectivity index (χ0v) is 12.3. The van der Waals surface area contributed by atoms with Crippen LogP contribution in [-0.4, -0.2) is 54.3 Å². The standard InChI is InChI=1S/C12H15Cl2N3O3/c13-10-7-9(17(19)20)8-11(14)12(10)16-3-1-15(2-4-16)5-6-18/h7-8,18H,1-6H2. The molecule has 20 heavy (non-hydrogen) atoms. The van der Waals surface area contributed by atoms with Crippen molar-refractivity contribution >= 4 is 34.6 Å². The number of hydrogen-bond donors (Lipinski definition) is 1. The topological polar surface area (TPSA) is 69.9 Å². The van der Waals surface area contributed by atoms with E-state index in [9.17, 15) is 10.1 Å². The zero-order chi connectivity index (χ0) is 14.7. The predicted octanol–water partition coefficient (Wildman–Crippen LogP) is 2.02. The highest BCUT2D eigenvalue weighted by Gasteiger charge is 2.23. The average molecular weight is 320 g/mol. The number of aliphatic hydroxyl groups excluding tert-OH is 1. The Morgan fingerprint density at radius 1 is 1.20 bits per heavy atom. The lowest BCUT2D eigenvalue weighted by Gasteiger charge is -2.36. The summed E-state index contributed by atoms with van der Waals surface area (Å²) in [6.45, 7) is 3.82. The van der Waals surface area contributed by atoms with Crippen molar-refractivity contribution in [2.45, 2.75) is 0 Å². The molecule has 0 atom stereocenters. The van der Waals surface area contributed by atoms with Gasteiger partial charge in [-0.3, -0.25) is 15.0 Å². The Morgan fingerprint density at radius 2 is 1.75 bits per heavy atom. The van der Waals surface area contributed by atoms with Crippen LogP contribution in [0.3, 0.4) is 0 Å². The van der Waals surface area contributed by atoms with Gasteiger partial charge in [-0.1, -0.05) is 23.2 Å². The number of anilines is 1.